The maximum absolute atomic E-state index is 12.8. The predicted molar refractivity (Wildman–Crippen MR) is 160 cm³/mol. The Labute approximate surface area is 242 Å². The summed E-state index contributed by atoms with van der Waals surface area (Å²) in [5.41, 5.74) is 4.87. The molecule has 2 N–H and O–H groups in total. The molecule has 0 radical (unpaired) electrons. The summed E-state index contributed by atoms with van der Waals surface area (Å²) >= 11 is 10.0. The fourth-order valence-corrected chi connectivity index (χ4v) is 7.09. The van der Waals surface area contributed by atoms with Crippen molar-refractivity contribution in [2.75, 3.05) is 5.32 Å². The van der Waals surface area contributed by atoms with E-state index in [1.165, 1.54) is 44.9 Å². The number of benzene rings is 2. The van der Waals surface area contributed by atoms with Crippen LogP contribution in [-0.2, 0) is 17.9 Å². The van der Waals surface area contributed by atoms with Crippen molar-refractivity contribution in [2.45, 2.75) is 64.5 Å². The average molecular weight is 607 g/mol. The Morgan fingerprint density at radius 1 is 1.05 bits per heavy atom. The summed E-state index contributed by atoms with van der Waals surface area (Å²) in [5, 5.41) is 11.8. The molecule has 2 aromatic heterocycles. The highest BCUT2D eigenvalue weighted by atomic mass is 79.9. The van der Waals surface area contributed by atoms with Gasteiger partial charge in [-0.2, -0.15) is 9.61 Å². The van der Waals surface area contributed by atoms with Crippen molar-refractivity contribution in [3.8, 4) is 11.3 Å². The number of carbonyl (C=O) groups is 1. The van der Waals surface area contributed by atoms with Crippen LogP contribution in [0, 0.1) is 11.3 Å². The highest BCUT2D eigenvalue weighted by Crippen LogP contribution is 2.50. The van der Waals surface area contributed by atoms with Crippen LogP contribution >= 0.6 is 27.5 Å². The van der Waals surface area contributed by atoms with Crippen LogP contribution in [0.2, 0.25) is 5.02 Å². The van der Waals surface area contributed by atoms with E-state index < -0.39 is 0 Å². The Balaban J connectivity index is 1.09. The maximum atomic E-state index is 12.8. The Morgan fingerprint density at radius 3 is 2.51 bits per heavy atom. The van der Waals surface area contributed by atoms with Gasteiger partial charge in [0.25, 0.3) is 0 Å². The van der Waals surface area contributed by atoms with Gasteiger partial charge in [0.2, 0.25) is 5.91 Å². The number of anilines is 1. The quantitative estimate of drug-likeness (QED) is 0.215. The summed E-state index contributed by atoms with van der Waals surface area (Å²) in [6.07, 6.45) is 11.4. The van der Waals surface area contributed by atoms with Gasteiger partial charge >= 0.3 is 0 Å². The van der Waals surface area contributed by atoms with E-state index in [0.717, 1.165) is 44.2 Å². The van der Waals surface area contributed by atoms with Crippen molar-refractivity contribution < 1.29 is 4.79 Å². The Morgan fingerprint density at radius 2 is 1.77 bits per heavy atom. The van der Waals surface area contributed by atoms with E-state index in [4.69, 9.17) is 16.6 Å². The van der Waals surface area contributed by atoms with E-state index in [-0.39, 0.29) is 11.3 Å². The summed E-state index contributed by atoms with van der Waals surface area (Å²) < 4.78 is 2.60. The number of rotatable bonds is 8. The first kappa shape index (κ1) is 26.3. The number of nitrogens with zero attached hydrogens (tertiary/aromatic N) is 3. The number of halogens is 2. The summed E-state index contributed by atoms with van der Waals surface area (Å²) in [6, 6.07) is 18.1. The molecule has 0 spiro atoms. The molecule has 1 amide bonds. The molecular weight excluding hydrogens is 574 g/mol. The van der Waals surface area contributed by atoms with E-state index in [1.54, 1.807) is 10.7 Å². The maximum Gasteiger partial charge on any atom is 0.220 e. The molecule has 2 bridgehead atoms. The van der Waals surface area contributed by atoms with Crippen molar-refractivity contribution in [1.29, 1.82) is 0 Å². The summed E-state index contributed by atoms with van der Waals surface area (Å²) in [5.74, 6) is 1.87. The smallest absolute Gasteiger partial charge is 0.220 e. The van der Waals surface area contributed by atoms with Crippen LogP contribution in [0.3, 0.4) is 0 Å². The summed E-state index contributed by atoms with van der Waals surface area (Å²) in [6.45, 7) is 1.19. The second kappa shape index (κ2) is 11.3. The first-order chi connectivity index (χ1) is 19.0. The largest absolute Gasteiger partial charge is 0.366 e. The second-order valence-corrected chi connectivity index (χ2v) is 12.5. The predicted octanol–water partition coefficient (Wildman–Crippen LogP) is 7.79. The van der Waals surface area contributed by atoms with Crippen LogP contribution in [0.5, 0.6) is 0 Å². The van der Waals surface area contributed by atoms with Gasteiger partial charge in [0.15, 0.2) is 5.65 Å². The molecule has 6 rings (SSSR count). The van der Waals surface area contributed by atoms with Crippen molar-refractivity contribution in [3.63, 3.8) is 0 Å². The Kier molecular flexibility index (Phi) is 7.63. The minimum absolute atomic E-state index is 0.199. The third-order valence-corrected chi connectivity index (χ3v) is 9.35. The minimum Gasteiger partial charge on any atom is -0.366 e. The van der Waals surface area contributed by atoms with E-state index in [1.807, 2.05) is 30.3 Å². The van der Waals surface area contributed by atoms with Gasteiger partial charge in [0, 0.05) is 36.2 Å². The molecule has 6 nitrogen and oxygen atoms in total. The van der Waals surface area contributed by atoms with Crippen LogP contribution in [0.15, 0.2) is 65.3 Å². The zero-order chi connectivity index (χ0) is 26.8. The molecule has 39 heavy (non-hydrogen) atoms. The van der Waals surface area contributed by atoms with Gasteiger partial charge < -0.3 is 10.6 Å². The van der Waals surface area contributed by atoms with Gasteiger partial charge in [-0.3, -0.25) is 4.79 Å². The van der Waals surface area contributed by atoms with Crippen LogP contribution in [-0.4, -0.2) is 20.5 Å². The number of aromatic nitrogens is 3. The molecule has 4 aromatic rings. The van der Waals surface area contributed by atoms with Crippen molar-refractivity contribution in [2.24, 2.45) is 11.3 Å². The number of fused-ring (bicyclic) bond motifs is 3. The topological polar surface area (TPSA) is 71.3 Å². The summed E-state index contributed by atoms with van der Waals surface area (Å²) in [7, 11) is 0. The molecule has 0 aliphatic heterocycles. The van der Waals surface area contributed by atoms with Crippen molar-refractivity contribution in [1.82, 2.24) is 19.9 Å². The first-order valence-corrected chi connectivity index (χ1v) is 15.0. The Hall–Kier alpha value is -2.90. The number of nitrogens with one attached hydrogen (secondary N) is 2. The average Bonchev–Trinajstić information content (AvgIpc) is 3.32. The molecule has 2 fully saturated rings. The molecule has 2 saturated carbocycles. The number of amides is 1. The van der Waals surface area contributed by atoms with Crippen molar-refractivity contribution in [3.05, 3.63) is 81.4 Å². The zero-order valence-electron chi connectivity index (χ0n) is 21.9. The van der Waals surface area contributed by atoms with Gasteiger partial charge in [-0.25, -0.2) is 4.98 Å². The third kappa shape index (κ3) is 5.85. The molecule has 0 unspecified atom stereocenters. The fraction of sp³-hybridized carbons (Fsp3) is 0.387. The molecule has 2 aliphatic rings. The second-order valence-electron chi connectivity index (χ2n) is 11.2. The molecule has 2 aromatic carbocycles. The molecule has 202 valence electrons. The number of hydrogen-bond acceptors (Lipinski definition) is 4. The standard InChI is InChI=1S/C31H33BrClN5O/c32-25-20-36-38-28(15-27(37-30(25)38)24-7-1-2-8-26(24)33)34-18-22-9-11-23(12-10-22)19-35-29(39)17-31-13-3-5-21(16-31)6-4-14-31/h1-2,7-12,15,20-21,34H,3-6,13-14,16-19H2,(H,35,39)/t21-,31-. The normalized spacial score (nSPS) is 20.6. The highest BCUT2D eigenvalue weighted by molar-refractivity contribution is 9.10. The van der Waals surface area contributed by atoms with Crippen LogP contribution in [0.1, 0.15) is 62.5 Å². The van der Waals surface area contributed by atoms with Gasteiger partial charge in [-0.05, 0) is 63.7 Å². The molecular formula is C31H33BrClN5O. The minimum atomic E-state index is 0.199. The number of hydrogen-bond donors (Lipinski definition) is 2. The highest BCUT2D eigenvalue weighted by Gasteiger charge is 2.40. The monoisotopic (exact) mass is 605 g/mol. The van der Waals surface area contributed by atoms with E-state index in [2.05, 4.69) is 55.9 Å². The first-order valence-electron chi connectivity index (χ1n) is 13.9. The molecule has 8 heteroatoms. The van der Waals surface area contributed by atoms with Gasteiger partial charge in [-0.15, -0.1) is 0 Å². The van der Waals surface area contributed by atoms with Crippen LogP contribution in [0.25, 0.3) is 16.9 Å². The van der Waals surface area contributed by atoms with Crippen LogP contribution < -0.4 is 10.6 Å². The van der Waals surface area contributed by atoms with E-state index in [9.17, 15) is 4.79 Å². The van der Waals surface area contributed by atoms with Crippen molar-refractivity contribution >= 4 is 44.9 Å². The number of carbonyl (C=O) groups excluding carboxylic acids is 1. The molecule has 0 saturated heterocycles. The van der Waals surface area contributed by atoms with Gasteiger partial charge in [-0.1, -0.05) is 79.7 Å². The van der Waals surface area contributed by atoms with E-state index in [0.29, 0.717) is 24.5 Å². The zero-order valence-corrected chi connectivity index (χ0v) is 24.3. The Bertz CT molecular complexity index is 1470. The lowest BCUT2D eigenvalue weighted by molar-refractivity contribution is -0.125. The lowest BCUT2D eigenvalue weighted by Gasteiger charge is -2.45. The lowest BCUT2D eigenvalue weighted by atomic mass is 9.60. The molecule has 0 atom stereocenters. The fourth-order valence-electron chi connectivity index (χ4n) is 6.51. The third-order valence-electron chi connectivity index (χ3n) is 8.46. The van der Waals surface area contributed by atoms with Gasteiger partial charge in [0.05, 0.1) is 16.4 Å². The van der Waals surface area contributed by atoms with Gasteiger partial charge in [0.1, 0.15) is 5.82 Å². The molecule has 2 aliphatic carbocycles. The molecule has 2 heterocycles. The van der Waals surface area contributed by atoms with Crippen LogP contribution in [0.4, 0.5) is 5.82 Å². The SMILES string of the molecule is O=C(C[C@]12CCC[C@H](CCC1)C2)NCc1ccc(CNc2cc(-c3ccccc3Cl)nc3c(Br)cnn23)cc1. The van der Waals surface area contributed by atoms with E-state index >= 15 is 0 Å². The lowest BCUT2D eigenvalue weighted by Crippen LogP contribution is -2.37. The summed E-state index contributed by atoms with van der Waals surface area (Å²) in [4.78, 5) is 17.6.